The van der Waals surface area contributed by atoms with Crippen molar-refractivity contribution in [3.63, 3.8) is 0 Å². The third kappa shape index (κ3) is 11.6. The maximum atomic E-state index is 12.3. The number of hydrogen-bond acceptors (Lipinski definition) is 5. The van der Waals surface area contributed by atoms with Crippen LogP contribution in [0.25, 0.3) is 0 Å². The average Bonchev–Trinajstić information content (AvgIpc) is 2.68. The van der Waals surface area contributed by atoms with Crippen LogP contribution >= 0.6 is 0 Å². The van der Waals surface area contributed by atoms with Crippen LogP contribution < -0.4 is 0 Å². The van der Waals surface area contributed by atoms with Crippen LogP contribution in [0.5, 0.6) is 0 Å². The predicted octanol–water partition coefficient (Wildman–Crippen LogP) is 4.60. The first-order valence-corrected chi connectivity index (χ1v) is 11.2. The van der Waals surface area contributed by atoms with Gasteiger partial charge in [-0.05, 0) is 19.3 Å². The van der Waals surface area contributed by atoms with Gasteiger partial charge in [0.15, 0.2) is 11.7 Å². The van der Waals surface area contributed by atoms with Crippen molar-refractivity contribution in [2.45, 2.75) is 122 Å². The molecule has 0 aliphatic rings. The Hall–Kier alpha value is -1.14. The van der Waals surface area contributed by atoms with E-state index in [1.54, 1.807) is 0 Å². The second kappa shape index (κ2) is 16.8. The van der Waals surface area contributed by atoms with E-state index in [0.29, 0.717) is 12.8 Å². The van der Waals surface area contributed by atoms with Gasteiger partial charge >= 0.3 is 11.9 Å². The Labute approximate surface area is 170 Å². The lowest BCUT2D eigenvalue weighted by atomic mass is 9.89. The molecule has 2 atom stereocenters. The Morgan fingerprint density at radius 3 is 1.68 bits per heavy atom. The number of rotatable bonds is 19. The molecular weight excluding hydrogens is 360 g/mol. The van der Waals surface area contributed by atoms with Crippen molar-refractivity contribution in [3.8, 4) is 0 Å². The van der Waals surface area contributed by atoms with Crippen molar-refractivity contribution < 1.29 is 29.6 Å². The molecule has 0 fully saturated rings. The number of aliphatic hydroxyl groups is 2. The van der Waals surface area contributed by atoms with E-state index < -0.39 is 23.6 Å². The monoisotopic (exact) mass is 402 g/mol. The summed E-state index contributed by atoms with van der Waals surface area (Å²) in [6, 6.07) is 0. The van der Waals surface area contributed by atoms with Gasteiger partial charge in [0.25, 0.3) is 0 Å². The Balaban J connectivity index is 4.29. The highest BCUT2D eigenvalue weighted by atomic mass is 16.6. The van der Waals surface area contributed by atoms with E-state index in [4.69, 9.17) is 9.84 Å². The molecule has 0 heterocycles. The van der Waals surface area contributed by atoms with Gasteiger partial charge in [-0.1, -0.05) is 90.9 Å². The Morgan fingerprint density at radius 2 is 1.21 bits per heavy atom. The largest absolute Gasteiger partial charge is 0.479 e. The van der Waals surface area contributed by atoms with Crippen molar-refractivity contribution in [1.29, 1.82) is 0 Å². The summed E-state index contributed by atoms with van der Waals surface area (Å²) in [6.45, 7) is 4.45. The molecule has 6 heteroatoms. The van der Waals surface area contributed by atoms with Gasteiger partial charge in [-0.2, -0.15) is 0 Å². The fourth-order valence-corrected chi connectivity index (χ4v) is 3.26. The third-order valence-electron chi connectivity index (χ3n) is 5.18. The zero-order chi connectivity index (χ0) is 21.3. The van der Waals surface area contributed by atoms with Crippen molar-refractivity contribution in [3.05, 3.63) is 0 Å². The number of carboxylic acids is 1. The number of hydrogen-bond donors (Lipinski definition) is 3. The summed E-state index contributed by atoms with van der Waals surface area (Å²) in [5, 5.41) is 29.5. The van der Waals surface area contributed by atoms with Crippen LogP contribution in [0.3, 0.4) is 0 Å². The molecule has 0 aromatic heterocycles. The first kappa shape index (κ1) is 26.9. The van der Waals surface area contributed by atoms with Gasteiger partial charge in [-0.15, -0.1) is 0 Å². The van der Waals surface area contributed by atoms with Gasteiger partial charge in [0.05, 0.1) is 6.61 Å². The third-order valence-corrected chi connectivity index (χ3v) is 5.18. The molecule has 0 bridgehead atoms. The highest BCUT2D eigenvalue weighted by Gasteiger charge is 2.48. The quantitative estimate of drug-likeness (QED) is 0.215. The van der Waals surface area contributed by atoms with E-state index in [1.165, 1.54) is 25.7 Å². The molecule has 2 unspecified atom stereocenters. The predicted molar refractivity (Wildman–Crippen MR) is 110 cm³/mol. The van der Waals surface area contributed by atoms with E-state index >= 15 is 0 Å². The van der Waals surface area contributed by atoms with Gasteiger partial charge in [0.2, 0.25) is 0 Å². The molecular formula is C22H42O6. The van der Waals surface area contributed by atoms with E-state index in [-0.39, 0.29) is 13.0 Å². The van der Waals surface area contributed by atoms with Crippen molar-refractivity contribution >= 4 is 11.9 Å². The zero-order valence-corrected chi connectivity index (χ0v) is 18.0. The Morgan fingerprint density at radius 1 is 0.786 bits per heavy atom. The molecule has 6 nitrogen and oxygen atoms in total. The summed E-state index contributed by atoms with van der Waals surface area (Å²) >= 11 is 0. The number of aliphatic hydroxyl groups excluding tert-OH is 1. The number of unbranched alkanes of at least 4 members (excludes halogenated alkanes) is 12. The molecule has 0 amide bonds. The maximum absolute atomic E-state index is 12.3. The summed E-state index contributed by atoms with van der Waals surface area (Å²) in [7, 11) is 0. The molecule has 0 saturated carbocycles. The molecule has 0 aliphatic heterocycles. The number of aliphatic carboxylic acids is 1. The number of carbonyl (C=O) groups is 2. The highest BCUT2D eigenvalue weighted by Crippen LogP contribution is 2.23. The normalized spacial score (nSPS) is 14.4. The minimum atomic E-state index is -2.38. The highest BCUT2D eigenvalue weighted by molar-refractivity contribution is 5.88. The van der Waals surface area contributed by atoms with Crippen LogP contribution in [0.2, 0.25) is 0 Å². The molecule has 0 aromatic rings. The van der Waals surface area contributed by atoms with Crippen molar-refractivity contribution in [1.82, 2.24) is 0 Å². The topological polar surface area (TPSA) is 104 Å². The average molecular weight is 403 g/mol. The van der Waals surface area contributed by atoms with Gasteiger partial charge in [-0.25, -0.2) is 9.59 Å². The second-order valence-corrected chi connectivity index (χ2v) is 7.79. The van der Waals surface area contributed by atoms with Gasteiger partial charge in [0, 0.05) is 0 Å². The van der Waals surface area contributed by atoms with Crippen LogP contribution in [-0.2, 0) is 14.3 Å². The lowest BCUT2D eigenvalue weighted by Crippen LogP contribution is -2.54. The first-order valence-electron chi connectivity index (χ1n) is 11.2. The smallest absolute Gasteiger partial charge is 0.341 e. The minimum absolute atomic E-state index is 0.107. The maximum Gasteiger partial charge on any atom is 0.341 e. The molecule has 166 valence electrons. The molecule has 0 rings (SSSR count). The van der Waals surface area contributed by atoms with Crippen LogP contribution in [0.15, 0.2) is 0 Å². The number of ether oxygens (including phenoxy) is 1. The molecule has 0 saturated heterocycles. The van der Waals surface area contributed by atoms with Crippen molar-refractivity contribution in [2.75, 3.05) is 6.61 Å². The molecule has 28 heavy (non-hydrogen) atoms. The summed E-state index contributed by atoms with van der Waals surface area (Å²) in [4.78, 5) is 23.4. The Bertz CT molecular complexity index is 412. The van der Waals surface area contributed by atoms with E-state index in [0.717, 1.165) is 51.4 Å². The number of esters is 1. The van der Waals surface area contributed by atoms with E-state index in [2.05, 4.69) is 13.8 Å². The Kier molecular flexibility index (Phi) is 16.1. The zero-order valence-electron chi connectivity index (χ0n) is 18.0. The summed E-state index contributed by atoms with van der Waals surface area (Å²) in [5.74, 6) is -2.64. The molecule has 0 aromatic carbocycles. The summed E-state index contributed by atoms with van der Waals surface area (Å²) in [6.07, 6.45) is 12.0. The summed E-state index contributed by atoms with van der Waals surface area (Å²) in [5.41, 5.74) is -2.38. The fourth-order valence-electron chi connectivity index (χ4n) is 3.26. The van der Waals surface area contributed by atoms with Crippen LogP contribution in [0, 0.1) is 0 Å². The minimum Gasteiger partial charge on any atom is -0.479 e. The fraction of sp³-hybridized carbons (Fsp3) is 0.909. The molecule has 0 radical (unpaired) electrons. The lowest BCUT2D eigenvalue weighted by molar-refractivity contribution is -0.189. The number of carboxylic acid groups (broad SMARTS) is 1. The molecule has 3 N–H and O–H groups in total. The lowest BCUT2D eigenvalue weighted by Gasteiger charge is -2.28. The van der Waals surface area contributed by atoms with Gasteiger partial charge in [0.1, 0.15) is 0 Å². The molecule has 0 spiro atoms. The van der Waals surface area contributed by atoms with E-state index in [9.17, 15) is 19.8 Å². The van der Waals surface area contributed by atoms with Crippen LogP contribution in [0.1, 0.15) is 110 Å². The summed E-state index contributed by atoms with van der Waals surface area (Å²) < 4.78 is 5.10. The standard InChI is InChI=1S/C22H42O6/c1-3-5-7-9-11-13-15-17-22(27,19(23)20(24)25)21(26)28-18-16-14-12-10-8-6-4-2/h19,23,27H,3-18H2,1-2H3,(H,24,25). The first-order chi connectivity index (χ1) is 13.4. The SMILES string of the molecule is CCCCCCCCCOC(=O)C(O)(CCCCCCCCC)C(O)C(=O)O. The van der Waals surface area contributed by atoms with Crippen LogP contribution in [-0.4, -0.2) is 45.6 Å². The van der Waals surface area contributed by atoms with Gasteiger partial charge < -0.3 is 20.1 Å². The van der Waals surface area contributed by atoms with Crippen molar-refractivity contribution in [2.24, 2.45) is 0 Å². The second-order valence-electron chi connectivity index (χ2n) is 7.79. The van der Waals surface area contributed by atoms with Gasteiger partial charge in [-0.3, -0.25) is 0 Å². The van der Waals surface area contributed by atoms with E-state index in [1.807, 2.05) is 0 Å². The van der Waals surface area contributed by atoms with Crippen LogP contribution in [0.4, 0.5) is 0 Å². The molecule has 0 aliphatic carbocycles. The number of carbonyl (C=O) groups excluding carboxylic acids is 1.